The van der Waals surface area contributed by atoms with E-state index in [4.69, 9.17) is 4.74 Å². The lowest BCUT2D eigenvalue weighted by Gasteiger charge is -2.29. The van der Waals surface area contributed by atoms with Crippen LogP contribution in [0.1, 0.15) is 138 Å². The van der Waals surface area contributed by atoms with Crippen LogP contribution in [0, 0.1) is 17.8 Å². The smallest absolute Gasteiger partial charge is 0.408 e. The Balaban J connectivity index is 1.49. The average molecular weight is 786 g/mol. The molecule has 1 heterocycles. The zero-order valence-electron chi connectivity index (χ0n) is 35.7. The number of unbranched alkanes of at least 4 members (excludes halogenated alkanes) is 1. The van der Waals surface area contributed by atoms with Crippen molar-refractivity contribution in [2.75, 3.05) is 6.54 Å². The molecule has 2 fully saturated rings. The number of nitrogens with zero attached hydrogens (tertiary/aromatic N) is 1. The van der Waals surface area contributed by atoms with Gasteiger partial charge >= 0.3 is 6.09 Å². The summed E-state index contributed by atoms with van der Waals surface area (Å²) in [7, 11) is 0. The van der Waals surface area contributed by atoms with Gasteiger partial charge in [-0.15, -0.1) is 0 Å². The van der Waals surface area contributed by atoms with Crippen molar-refractivity contribution in [3.8, 4) is 0 Å². The minimum Gasteiger partial charge on any atom is -0.444 e. The van der Waals surface area contributed by atoms with E-state index in [1.165, 1.54) is 12.8 Å². The molecule has 0 bridgehead atoms. The number of ether oxygens (including phenoxy) is 1. The first-order valence-corrected chi connectivity index (χ1v) is 21.3. The van der Waals surface area contributed by atoms with Gasteiger partial charge < -0.3 is 20.3 Å². The highest BCUT2D eigenvalue weighted by Crippen LogP contribution is 2.31. The van der Waals surface area contributed by atoms with Gasteiger partial charge in [0.15, 0.2) is 17.3 Å². The molecule has 4 rings (SSSR count). The second-order valence-electron chi connectivity index (χ2n) is 17.8. The third kappa shape index (κ3) is 13.4. The summed E-state index contributed by atoms with van der Waals surface area (Å²) in [6, 6.07) is 8.76. The van der Waals surface area contributed by atoms with Gasteiger partial charge in [-0.3, -0.25) is 24.0 Å². The maximum atomic E-state index is 14.5. The average Bonchev–Trinajstić information content (AvgIpc) is 3.86. The summed E-state index contributed by atoms with van der Waals surface area (Å²) in [5.41, 5.74) is 2.35. The number of benzene rings is 1. The van der Waals surface area contributed by atoms with Crippen LogP contribution in [-0.4, -0.2) is 70.4 Å². The number of carbonyl (C=O) groups excluding carboxylic acids is 6. The van der Waals surface area contributed by atoms with Gasteiger partial charge in [0.2, 0.25) is 11.8 Å². The highest BCUT2D eigenvalue weighted by Gasteiger charge is 2.38. The second-order valence-corrected chi connectivity index (χ2v) is 17.8. The van der Waals surface area contributed by atoms with Gasteiger partial charge in [0, 0.05) is 47.2 Å². The molecule has 1 saturated carbocycles. The molecule has 312 valence electrons. The van der Waals surface area contributed by atoms with Crippen molar-refractivity contribution in [1.82, 2.24) is 15.5 Å². The third-order valence-electron chi connectivity index (χ3n) is 11.7. The van der Waals surface area contributed by atoms with Crippen LogP contribution in [-0.2, 0) is 35.1 Å². The molecule has 1 saturated heterocycles. The van der Waals surface area contributed by atoms with Crippen LogP contribution in [0.5, 0.6) is 0 Å². The standard InChI is InChI=1S/C47H67N3O7/c1-30(2)48-44(54)36(21-14-15-22-39-33(5)42(52)31(3)32(4)43(39)53)29-41(51)40-23-16-26-50(40)45(55)37(27-34-17-10-9-11-18-34)24-25-38(28-35-19-12-13-20-35)49-46(56)57-47(6,7)8/h9-11,17-18,24-25,30,35-38,40H,12-16,19-23,26-29H2,1-8H3,(H,48,54)(H,49,56)/b25-24+/t36-,37-,38-,40+/m1/s1. The van der Waals surface area contributed by atoms with Crippen molar-refractivity contribution in [2.24, 2.45) is 17.8 Å². The quantitative estimate of drug-likeness (QED) is 0.0867. The Bertz CT molecular complexity index is 1710. The first-order valence-electron chi connectivity index (χ1n) is 21.3. The van der Waals surface area contributed by atoms with Crippen molar-refractivity contribution in [1.29, 1.82) is 0 Å². The van der Waals surface area contributed by atoms with Crippen LogP contribution in [0.15, 0.2) is 64.8 Å². The van der Waals surface area contributed by atoms with Crippen LogP contribution >= 0.6 is 0 Å². The Labute approximate surface area is 340 Å². The van der Waals surface area contributed by atoms with Gasteiger partial charge in [0.05, 0.1) is 18.0 Å². The van der Waals surface area contributed by atoms with Gasteiger partial charge in [-0.05, 0) is 112 Å². The molecule has 0 spiro atoms. The van der Waals surface area contributed by atoms with Gasteiger partial charge in [0.25, 0.3) is 0 Å². The molecule has 0 unspecified atom stereocenters. The van der Waals surface area contributed by atoms with E-state index in [2.05, 4.69) is 10.6 Å². The van der Waals surface area contributed by atoms with Gasteiger partial charge in [0.1, 0.15) is 5.60 Å². The molecule has 10 heteroatoms. The molecule has 10 nitrogen and oxygen atoms in total. The number of amides is 3. The number of hydrogen-bond acceptors (Lipinski definition) is 7. The molecule has 0 aromatic heterocycles. The minimum atomic E-state index is -0.645. The summed E-state index contributed by atoms with van der Waals surface area (Å²) in [5.74, 6) is -1.33. The summed E-state index contributed by atoms with van der Waals surface area (Å²) in [6.45, 7) is 14.8. The third-order valence-corrected chi connectivity index (χ3v) is 11.7. The maximum absolute atomic E-state index is 14.5. The van der Waals surface area contributed by atoms with Crippen molar-refractivity contribution in [2.45, 2.75) is 163 Å². The van der Waals surface area contributed by atoms with Crippen LogP contribution in [0.3, 0.4) is 0 Å². The molecule has 1 aliphatic heterocycles. The Morgan fingerprint density at radius 3 is 2.18 bits per heavy atom. The molecule has 4 atom stereocenters. The molecular weight excluding hydrogens is 719 g/mol. The summed E-state index contributed by atoms with van der Waals surface area (Å²) >= 11 is 0. The lowest BCUT2D eigenvalue weighted by molar-refractivity contribution is -0.140. The van der Waals surface area contributed by atoms with Crippen LogP contribution in [0.4, 0.5) is 4.79 Å². The first-order chi connectivity index (χ1) is 26.9. The van der Waals surface area contributed by atoms with E-state index >= 15 is 0 Å². The van der Waals surface area contributed by atoms with Crippen LogP contribution in [0.2, 0.25) is 0 Å². The number of hydrogen-bond donors (Lipinski definition) is 2. The molecule has 2 N–H and O–H groups in total. The van der Waals surface area contributed by atoms with Crippen molar-refractivity contribution in [3.63, 3.8) is 0 Å². The molecule has 3 aliphatic rings. The fraction of sp³-hybridized carbons (Fsp3) is 0.617. The van der Waals surface area contributed by atoms with Crippen LogP contribution in [0.25, 0.3) is 0 Å². The van der Waals surface area contributed by atoms with Crippen LogP contribution < -0.4 is 10.6 Å². The van der Waals surface area contributed by atoms with E-state index in [0.717, 1.165) is 24.8 Å². The van der Waals surface area contributed by atoms with Gasteiger partial charge in [-0.1, -0.05) is 74.6 Å². The van der Waals surface area contributed by atoms with E-state index in [-0.39, 0.29) is 47.7 Å². The molecule has 2 aliphatic carbocycles. The zero-order valence-corrected chi connectivity index (χ0v) is 35.7. The van der Waals surface area contributed by atoms with E-state index < -0.39 is 29.6 Å². The largest absolute Gasteiger partial charge is 0.444 e. The number of alkyl carbamates (subject to hydrolysis) is 1. The topological polar surface area (TPSA) is 139 Å². The highest BCUT2D eigenvalue weighted by atomic mass is 16.6. The summed E-state index contributed by atoms with van der Waals surface area (Å²) in [6.07, 6.45) is 12.4. The lowest BCUT2D eigenvalue weighted by Crippen LogP contribution is -2.45. The minimum absolute atomic E-state index is 0.00957. The number of Topliss-reactive ketones (excluding diaryl/α,β-unsaturated/α-hetero) is 3. The van der Waals surface area contributed by atoms with Gasteiger partial charge in [-0.2, -0.15) is 0 Å². The van der Waals surface area contributed by atoms with Gasteiger partial charge in [-0.25, -0.2) is 4.79 Å². The summed E-state index contributed by atoms with van der Waals surface area (Å²) < 4.78 is 5.60. The maximum Gasteiger partial charge on any atom is 0.408 e. The number of carbonyl (C=O) groups is 6. The molecular formula is C47H67N3O7. The number of nitrogens with one attached hydrogen (secondary N) is 2. The number of allylic oxidation sites excluding steroid dienone is 4. The fourth-order valence-corrected chi connectivity index (χ4v) is 8.46. The van der Waals surface area contributed by atoms with E-state index in [1.807, 2.05) is 77.1 Å². The summed E-state index contributed by atoms with van der Waals surface area (Å²) in [4.78, 5) is 82.5. The second kappa shape index (κ2) is 20.9. The normalized spacial score (nSPS) is 19.7. The zero-order chi connectivity index (χ0) is 41.9. The Morgan fingerprint density at radius 2 is 1.53 bits per heavy atom. The number of rotatable bonds is 18. The summed E-state index contributed by atoms with van der Waals surface area (Å²) in [5, 5.41) is 6.03. The Morgan fingerprint density at radius 1 is 0.860 bits per heavy atom. The molecule has 1 aromatic rings. The first kappa shape index (κ1) is 45.4. The molecule has 3 amide bonds. The van der Waals surface area contributed by atoms with E-state index in [1.54, 1.807) is 25.7 Å². The SMILES string of the molecule is CC1=C(C)C(=O)C(CCCC[C@H](CC(=O)[C@@H]2CCCN2C(=O)[C@H](/C=C/[C@H](CC2CCCC2)NC(=O)OC(C)(C)C)Cc2ccccc2)C(=O)NC(C)C)=C(C)C1=O. The molecule has 0 radical (unpaired) electrons. The predicted molar refractivity (Wildman–Crippen MR) is 223 cm³/mol. The Kier molecular flexibility index (Phi) is 16.6. The lowest BCUT2D eigenvalue weighted by atomic mass is 9.83. The highest BCUT2D eigenvalue weighted by molar-refractivity contribution is 6.24. The van der Waals surface area contributed by atoms with Crippen molar-refractivity contribution >= 4 is 35.3 Å². The number of ketones is 3. The van der Waals surface area contributed by atoms with E-state index in [0.29, 0.717) is 79.7 Å². The Hall–Kier alpha value is -4.34. The predicted octanol–water partition coefficient (Wildman–Crippen LogP) is 8.33. The molecule has 1 aromatic carbocycles. The monoisotopic (exact) mass is 785 g/mol. The fourth-order valence-electron chi connectivity index (χ4n) is 8.46. The number of likely N-dealkylation sites (tertiary alicyclic amines) is 1. The van der Waals surface area contributed by atoms with E-state index in [9.17, 15) is 28.8 Å². The molecule has 57 heavy (non-hydrogen) atoms. The van der Waals surface area contributed by atoms with Crippen molar-refractivity contribution in [3.05, 3.63) is 70.3 Å². The van der Waals surface area contributed by atoms with Crippen molar-refractivity contribution < 1.29 is 33.5 Å².